The van der Waals surface area contributed by atoms with Crippen molar-refractivity contribution in [1.29, 1.82) is 5.26 Å². The van der Waals surface area contributed by atoms with Crippen LogP contribution in [0.4, 0.5) is 0 Å². The number of likely N-dealkylation sites (tertiary alicyclic amines) is 1. The first-order valence-corrected chi connectivity index (χ1v) is 5.15. The maximum Gasteiger partial charge on any atom is 0.239 e. The lowest BCUT2D eigenvalue weighted by molar-refractivity contribution is -0.133. The van der Waals surface area contributed by atoms with Crippen LogP contribution in [0.5, 0.6) is 0 Å². The fourth-order valence-corrected chi connectivity index (χ4v) is 1.67. The van der Waals surface area contributed by atoms with Crippen molar-refractivity contribution >= 4 is 5.91 Å². The quantitative estimate of drug-likeness (QED) is 0.667. The molecule has 1 N–H and O–H groups in total. The van der Waals surface area contributed by atoms with E-state index in [0.717, 1.165) is 25.9 Å². The first kappa shape index (κ1) is 11.0. The van der Waals surface area contributed by atoms with Crippen molar-refractivity contribution < 1.29 is 4.79 Å². The molecule has 4 heteroatoms. The zero-order chi connectivity index (χ0) is 10.4. The number of nitrogens with one attached hydrogen (secondary N) is 1. The molecule has 1 unspecified atom stereocenters. The average Bonchev–Trinajstić information content (AvgIpc) is 2.26. The smallest absolute Gasteiger partial charge is 0.239 e. The molecule has 14 heavy (non-hydrogen) atoms. The van der Waals surface area contributed by atoms with E-state index in [1.165, 1.54) is 6.42 Å². The number of carbonyl (C=O) groups is 1. The van der Waals surface area contributed by atoms with E-state index in [0.29, 0.717) is 0 Å². The summed E-state index contributed by atoms with van der Waals surface area (Å²) in [6.45, 7) is 3.80. The van der Waals surface area contributed by atoms with Crippen LogP contribution in [0.1, 0.15) is 26.2 Å². The van der Waals surface area contributed by atoms with E-state index in [1.807, 2.05) is 17.9 Å². The predicted molar refractivity (Wildman–Crippen MR) is 53.5 cm³/mol. The molecule has 1 aliphatic heterocycles. The van der Waals surface area contributed by atoms with Crippen LogP contribution in [0.3, 0.4) is 0 Å². The number of rotatable bonds is 3. The van der Waals surface area contributed by atoms with E-state index in [2.05, 4.69) is 5.32 Å². The summed E-state index contributed by atoms with van der Waals surface area (Å²) in [5.41, 5.74) is 0. The normalized spacial score (nSPS) is 18.7. The van der Waals surface area contributed by atoms with Gasteiger partial charge in [0.15, 0.2) is 0 Å². The second kappa shape index (κ2) is 5.61. The summed E-state index contributed by atoms with van der Waals surface area (Å²) in [7, 11) is 0. The van der Waals surface area contributed by atoms with Gasteiger partial charge in [-0.2, -0.15) is 5.26 Å². The first-order valence-electron chi connectivity index (χ1n) is 5.15. The monoisotopic (exact) mass is 195 g/mol. The van der Waals surface area contributed by atoms with E-state index >= 15 is 0 Å². The highest BCUT2D eigenvalue weighted by Crippen LogP contribution is 2.09. The first-order chi connectivity index (χ1) is 6.75. The number of hydrogen-bond acceptors (Lipinski definition) is 3. The van der Waals surface area contributed by atoms with E-state index in [-0.39, 0.29) is 18.5 Å². The zero-order valence-electron chi connectivity index (χ0n) is 8.62. The minimum Gasteiger partial charge on any atom is -0.341 e. The van der Waals surface area contributed by atoms with Crippen LogP contribution in [0, 0.1) is 11.3 Å². The number of nitrogens with zero attached hydrogens (tertiary/aromatic N) is 2. The highest BCUT2D eigenvalue weighted by Gasteiger charge is 2.21. The Morgan fingerprint density at radius 2 is 2.14 bits per heavy atom. The van der Waals surface area contributed by atoms with Crippen molar-refractivity contribution in [1.82, 2.24) is 10.2 Å². The number of piperidine rings is 1. The zero-order valence-corrected chi connectivity index (χ0v) is 8.62. The van der Waals surface area contributed by atoms with Crippen LogP contribution in [0.2, 0.25) is 0 Å². The van der Waals surface area contributed by atoms with Crippen LogP contribution in [0.15, 0.2) is 0 Å². The molecule has 1 amide bonds. The van der Waals surface area contributed by atoms with Crippen molar-refractivity contribution in [3.63, 3.8) is 0 Å². The van der Waals surface area contributed by atoms with Crippen LogP contribution in [-0.2, 0) is 4.79 Å². The van der Waals surface area contributed by atoms with Gasteiger partial charge in [-0.1, -0.05) is 0 Å². The second-order valence-corrected chi connectivity index (χ2v) is 3.65. The third-order valence-electron chi connectivity index (χ3n) is 2.53. The Hall–Kier alpha value is -1.08. The van der Waals surface area contributed by atoms with Gasteiger partial charge in [-0.25, -0.2) is 0 Å². The molecular formula is C10H17N3O. The van der Waals surface area contributed by atoms with E-state index in [1.54, 1.807) is 0 Å². The fraction of sp³-hybridized carbons (Fsp3) is 0.800. The molecule has 78 valence electrons. The summed E-state index contributed by atoms with van der Waals surface area (Å²) in [5.74, 6) is 0.125. The van der Waals surface area contributed by atoms with Crippen LogP contribution < -0.4 is 5.32 Å². The van der Waals surface area contributed by atoms with Crippen molar-refractivity contribution in [2.45, 2.75) is 32.2 Å². The number of carbonyl (C=O) groups excluding carboxylic acids is 1. The van der Waals surface area contributed by atoms with Gasteiger partial charge in [-0.05, 0) is 26.2 Å². The molecule has 1 atom stereocenters. The molecular weight excluding hydrogens is 178 g/mol. The van der Waals surface area contributed by atoms with E-state index < -0.39 is 0 Å². The molecule has 0 radical (unpaired) electrons. The van der Waals surface area contributed by atoms with Gasteiger partial charge in [0, 0.05) is 13.1 Å². The largest absolute Gasteiger partial charge is 0.341 e. The van der Waals surface area contributed by atoms with Crippen molar-refractivity contribution in [3.05, 3.63) is 0 Å². The maximum atomic E-state index is 11.8. The summed E-state index contributed by atoms with van der Waals surface area (Å²) in [6.07, 6.45) is 3.44. The fourth-order valence-electron chi connectivity index (χ4n) is 1.67. The van der Waals surface area contributed by atoms with Crippen molar-refractivity contribution in [3.8, 4) is 6.07 Å². The van der Waals surface area contributed by atoms with Crippen LogP contribution >= 0.6 is 0 Å². The van der Waals surface area contributed by atoms with Gasteiger partial charge in [-0.3, -0.25) is 10.1 Å². The number of nitriles is 1. The van der Waals surface area contributed by atoms with Crippen LogP contribution in [0.25, 0.3) is 0 Å². The molecule has 4 nitrogen and oxygen atoms in total. The molecule has 1 heterocycles. The lowest BCUT2D eigenvalue weighted by Crippen LogP contribution is -2.46. The molecule has 1 rings (SSSR count). The molecule has 1 aliphatic rings. The van der Waals surface area contributed by atoms with E-state index in [9.17, 15) is 4.79 Å². The highest BCUT2D eigenvalue weighted by atomic mass is 16.2. The number of hydrogen-bond donors (Lipinski definition) is 1. The molecule has 0 aromatic carbocycles. The van der Waals surface area contributed by atoms with Gasteiger partial charge in [0.05, 0.1) is 18.7 Å². The van der Waals surface area contributed by atoms with Gasteiger partial charge in [0.1, 0.15) is 0 Å². The maximum absolute atomic E-state index is 11.8. The molecule has 0 spiro atoms. The van der Waals surface area contributed by atoms with Gasteiger partial charge in [0.2, 0.25) is 5.91 Å². The van der Waals surface area contributed by atoms with Gasteiger partial charge in [-0.15, -0.1) is 0 Å². The third-order valence-corrected chi connectivity index (χ3v) is 2.53. The Labute approximate surface area is 84.9 Å². The average molecular weight is 195 g/mol. The molecule has 0 aliphatic carbocycles. The summed E-state index contributed by atoms with van der Waals surface area (Å²) < 4.78 is 0. The van der Waals surface area contributed by atoms with Crippen molar-refractivity contribution in [2.75, 3.05) is 19.6 Å². The topological polar surface area (TPSA) is 56.1 Å². The molecule has 1 saturated heterocycles. The Morgan fingerprint density at radius 1 is 1.50 bits per heavy atom. The van der Waals surface area contributed by atoms with Crippen molar-refractivity contribution in [2.24, 2.45) is 0 Å². The Bertz CT molecular complexity index is 228. The van der Waals surface area contributed by atoms with Gasteiger partial charge < -0.3 is 4.90 Å². The highest BCUT2D eigenvalue weighted by molar-refractivity contribution is 5.81. The minimum absolute atomic E-state index is 0.125. The van der Waals surface area contributed by atoms with Gasteiger partial charge >= 0.3 is 0 Å². The third kappa shape index (κ3) is 3.00. The molecule has 0 bridgehead atoms. The summed E-state index contributed by atoms with van der Waals surface area (Å²) in [6, 6.07) is 1.75. The predicted octanol–water partition coefficient (Wildman–Crippen LogP) is 0.501. The Balaban J connectivity index is 2.35. The Morgan fingerprint density at radius 3 is 2.71 bits per heavy atom. The SMILES string of the molecule is CC(NCC#N)C(=O)N1CCCCC1. The molecule has 1 fully saturated rings. The lowest BCUT2D eigenvalue weighted by Gasteiger charge is -2.29. The minimum atomic E-state index is -0.229. The Kier molecular flexibility index (Phi) is 4.41. The summed E-state index contributed by atoms with van der Waals surface area (Å²) in [4.78, 5) is 13.6. The van der Waals surface area contributed by atoms with Crippen LogP contribution in [-0.4, -0.2) is 36.5 Å². The molecule has 0 saturated carbocycles. The number of amides is 1. The second-order valence-electron chi connectivity index (χ2n) is 3.65. The summed E-state index contributed by atoms with van der Waals surface area (Å²) >= 11 is 0. The summed E-state index contributed by atoms with van der Waals surface area (Å²) in [5, 5.41) is 11.2. The molecule has 0 aromatic rings. The van der Waals surface area contributed by atoms with Gasteiger partial charge in [0.25, 0.3) is 0 Å². The van der Waals surface area contributed by atoms with E-state index in [4.69, 9.17) is 5.26 Å². The molecule has 0 aromatic heterocycles. The lowest BCUT2D eigenvalue weighted by atomic mass is 10.1. The standard InChI is InChI=1S/C10H17N3O/c1-9(12-6-5-11)10(14)13-7-3-2-4-8-13/h9,12H,2-4,6-8H2,1H3.